The van der Waals surface area contributed by atoms with Crippen LogP contribution in [0.1, 0.15) is 22.9 Å². The van der Waals surface area contributed by atoms with E-state index in [1.54, 1.807) is 6.26 Å². The van der Waals surface area contributed by atoms with E-state index in [2.05, 4.69) is 35.2 Å². The lowest BCUT2D eigenvalue weighted by Crippen LogP contribution is -2.33. The number of nitrogens with zero attached hydrogens (tertiary/aromatic N) is 2. The van der Waals surface area contributed by atoms with Gasteiger partial charge in [0.05, 0.1) is 12.3 Å². The molecule has 1 unspecified atom stereocenters. The molecule has 0 radical (unpaired) electrons. The molecule has 1 aromatic carbocycles. The number of nitriles is 1. The lowest BCUT2D eigenvalue weighted by molar-refractivity contribution is 0.196. The van der Waals surface area contributed by atoms with E-state index in [1.165, 1.54) is 11.1 Å². The van der Waals surface area contributed by atoms with Crippen LogP contribution in [0, 0.1) is 11.3 Å². The first-order valence-electron chi connectivity index (χ1n) is 6.12. The highest BCUT2D eigenvalue weighted by Gasteiger charge is 2.26. The minimum absolute atomic E-state index is 0.284. The molecule has 1 atom stereocenters. The number of hydrogen-bond acceptors (Lipinski definition) is 3. The van der Waals surface area contributed by atoms with Gasteiger partial charge < -0.3 is 4.42 Å². The first-order valence-corrected chi connectivity index (χ1v) is 6.12. The molecule has 0 bridgehead atoms. The minimum atomic E-state index is -0.284. The van der Waals surface area contributed by atoms with Gasteiger partial charge in [0.2, 0.25) is 0 Å². The molecule has 3 heteroatoms. The standard InChI is InChI=1S/C15H14N2O/c16-10-14(15-6-3-9-18-15)17-8-7-12-4-1-2-5-13(12)11-17/h1-6,9,14H,7-8,11H2. The van der Waals surface area contributed by atoms with E-state index < -0.39 is 0 Å². The van der Waals surface area contributed by atoms with Crippen LogP contribution >= 0.6 is 0 Å². The van der Waals surface area contributed by atoms with Gasteiger partial charge in [-0.1, -0.05) is 24.3 Å². The molecule has 18 heavy (non-hydrogen) atoms. The third kappa shape index (κ3) is 1.92. The monoisotopic (exact) mass is 238 g/mol. The summed E-state index contributed by atoms with van der Waals surface area (Å²) in [5.74, 6) is 0.733. The normalized spacial score (nSPS) is 16.8. The van der Waals surface area contributed by atoms with Gasteiger partial charge in [-0.25, -0.2) is 0 Å². The second kappa shape index (κ2) is 4.67. The lowest BCUT2D eigenvalue weighted by Gasteiger charge is -2.31. The molecule has 3 nitrogen and oxygen atoms in total. The number of benzene rings is 1. The van der Waals surface area contributed by atoms with Crippen molar-refractivity contribution in [1.82, 2.24) is 4.90 Å². The van der Waals surface area contributed by atoms with Gasteiger partial charge in [-0.2, -0.15) is 5.26 Å². The van der Waals surface area contributed by atoms with Crippen molar-refractivity contribution in [3.63, 3.8) is 0 Å². The third-order valence-corrected chi connectivity index (χ3v) is 3.46. The zero-order valence-corrected chi connectivity index (χ0v) is 10.0. The Morgan fingerprint density at radius 1 is 1.17 bits per heavy atom. The molecule has 1 aliphatic heterocycles. The van der Waals surface area contributed by atoms with Crippen molar-refractivity contribution in [2.75, 3.05) is 6.54 Å². The van der Waals surface area contributed by atoms with Gasteiger partial charge in [0.1, 0.15) is 5.76 Å². The summed E-state index contributed by atoms with van der Waals surface area (Å²) in [4.78, 5) is 2.17. The van der Waals surface area contributed by atoms with Gasteiger partial charge in [-0.05, 0) is 29.7 Å². The highest BCUT2D eigenvalue weighted by atomic mass is 16.3. The fourth-order valence-electron chi connectivity index (χ4n) is 2.51. The summed E-state index contributed by atoms with van der Waals surface area (Å²) < 4.78 is 5.36. The van der Waals surface area contributed by atoms with Crippen LogP contribution in [-0.2, 0) is 13.0 Å². The van der Waals surface area contributed by atoms with Crippen molar-refractivity contribution < 1.29 is 4.42 Å². The molecular formula is C15H14N2O. The van der Waals surface area contributed by atoms with Gasteiger partial charge in [0.15, 0.2) is 6.04 Å². The van der Waals surface area contributed by atoms with Crippen LogP contribution in [0.3, 0.4) is 0 Å². The fraction of sp³-hybridized carbons (Fsp3) is 0.267. The molecule has 0 amide bonds. The summed E-state index contributed by atoms with van der Waals surface area (Å²) in [5.41, 5.74) is 2.71. The van der Waals surface area contributed by atoms with E-state index in [1.807, 2.05) is 12.1 Å². The molecule has 90 valence electrons. The second-order valence-electron chi connectivity index (χ2n) is 4.54. The summed E-state index contributed by atoms with van der Waals surface area (Å²) in [6.45, 7) is 1.71. The molecule has 0 saturated heterocycles. The highest BCUT2D eigenvalue weighted by molar-refractivity contribution is 5.30. The Hall–Kier alpha value is -2.05. The zero-order valence-electron chi connectivity index (χ0n) is 10.0. The minimum Gasteiger partial charge on any atom is -0.467 e. The van der Waals surface area contributed by atoms with E-state index in [-0.39, 0.29) is 6.04 Å². The summed E-state index contributed by atoms with van der Waals surface area (Å²) in [6.07, 6.45) is 2.62. The molecule has 0 fully saturated rings. The maximum absolute atomic E-state index is 9.35. The van der Waals surface area contributed by atoms with Gasteiger partial charge in [-0.3, -0.25) is 4.90 Å². The number of hydrogen-bond donors (Lipinski definition) is 0. The lowest BCUT2D eigenvalue weighted by atomic mass is 9.98. The second-order valence-corrected chi connectivity index (χ2v) is 4.54. The number of rotatable bonds is 2. The van der Waals surface area contributed by atoms with Gasteiger partial charge >= 0.3 is 0 Å². The fourth-order valence-corrected chi connectivity index (χ4v) is 2.51. The quantitative estimate of drug-likeness (QED) is 0.807. The molecule has 0 N–H and O–H groups in total. The van der Waals surface area contributed by atoms with E-state index in [4.69, 9.17) is 4.42 Å². The molecule has 1 aliphatic rings. The zero-order chi connectivity index (χ0) is 12.4. The maximum atomic E-state index is 9.35. The van der Waals surface area contributed by atoms with Crippen LogP contribution in [0.25, 0.3) is 0 Å². The van der Waals surface area contributed by atoms with Crippen molar-refractivity contribution in [2.45, 2.75) is 19.0 Å². The molecular weight excluding hydrogens is 224 g/mol. The Morgan fingerprint density at radius 3 is 2.72 bits per heavy atom. The third-order valence-electron chi connectivity index (χ3n) is 3.46. The van der Waals surface area contributed by atoms with E-state index in [9.17, 15) is 5.26 Å². The molecule has 1 aromatic heterocycles. The maximum Gasteiger partial charge on any atom is 0.157 e. The van der Waals surface area contributed by atoms with Crippen molar-refractivity contribution in [3.05, 3.63) is 59.5 Å². The number of fused-ring (bicyclic) bond motifs is 1. The number of furan rings is 1. The van der Waals surface area contributed by atoms with Gasteiger partial charge in [-0.15, -0.1) is 0 Å². The van der Waals surface area contributed by atoms with Crippen LogP contribution in [0.4, 0.5) is 0 Å². The summed E-state index contributed by atoms with van der Waals surface area (Å²) >= 11 is 0. The van der Waals surface area contributed by atoms with Crippen molar-refractivity contribution in [1.29, 1.82) is 5.26 Å². The van der Waals surface area contributed by atoms with Gasteiger partial charge in [0.25, 0.3) is 0 Å². The largest absolute Gasteiger partial charge is 0.467 e. The predicted molar refractivity (Wildman–Crippen MR) is 67.6 cm³/mol. The average molecular weight is 238 g/mol. The molecule has 0 spiro atoms. The Labute approximate surface area is 106 Å². The molecule has 0 saturated carbocycles. The molecule has 2 aromatic rings. The van der Waals surface area contributed by atoms with Crippen LogP contribution < -0.4 is 0 Å². The Kier molecular flexibility index (Phi) is 2.87. The first-order chi connectivity index (χ1) is 8.88. The highest BCUT2D eigenvalue weighted by Crippen LogP contribution is 2.27. The van der Waals surface area contributed by atoms with Crippen LogP contribution in [0.15, 0.2) is 47.1 Å². The molecule has 3 rings (SSSR count). The van der Waals surface area contributed by atoms with E-state index in [0.717, 1.165) is 25.3 Å². The van der Waals surface area contributed by atoms with Crippen molar-refractivity contribution >= 4 is 0 Å². The first kappa shape index (κ1) is 11.1. The topological polar surface area (TPSA) is 40.2 Å². The Balaban J connectivity index is 1.85. The van der Waals surface area contributed by atoms with Crippen LogP contribution in [0.5, 0.6) is 0 Å². The van der Waals surface area contributed by atoms with Crippen molar-refractivity contribution in [2.24, 2.45) is 0 Å². The smallest absolute Gasteiger partial charge is 0.157 e. The predicted octanol–water partition coefficient (Wildman–Crippen LogP) is 2.90. The van der Waals surface area contributed by atoms with Crippen LogP contribution in [-0.4, -0.2) is 11.4 Å². The summed E-state index contributed by atoms with van der Waals surface area (Å²) in [6, 6.07) is 14.2. The van der Waals surface area contributed by atoms with E-state index in [0.29, 0.717) is 0 Å². The summed E-state index contributed by atoms with van der Waals surface area (Å²) in [7, 11) is 0. The average Bonchev–Trinajstić information content (AvgIpc) is 2.93. The van der Waals surface area contributed by atoms with Crippen LogP contribution in [0.2, 0.25) is 0 Å². The Morgan fingerprint density at radius 2 is 2.00 bits per heavy atom. The molecule has 0 aliphatic carbocycles. The van der Waals surface area contributed by atoms with Gasteiger partial charge in [0, 0.05) is 13.1 Å². The van der Waals surface area contributed by atoms with Crippen molar-refractivity contribution in [3.8, 4) is 6.07 Å². The van der Waals surface area contributed by atoms with E-state index >= 15 is 0 Å². The SMILES string of the molecule is N#CC(c1ccco1)N1CCc2ccccc2C1. The summed E-state index contributed by atoms with van der Waals surface area (Å²) in [5, 5.41) is 9.35. The molecule has 2 heterocycles. The Bertz CT molecular complexity index is 568.